The first kappa shape index (κ1) is 14.6. The molecule has 0 radical (unpaired) electrons. The molecule has 0 saturated carbocycles. The van der Waals surface area contributed by atoms with E-state index < -0.39 is 6.09 Å². The van der Waals surface area contributed by atoms with E-state index in [2.05, 4.69) is 0 Å². The number of nitrogen functional groups attached to an aromatic ring is 1. The fraction of sp³-hybridized carbons (Fsp3) is 0.385. The van der Waals surface area contributed by atoms with Crippen LogP contribution in [0.15, 0.2) is 18.2 Å². The lowest BCUT2D eigenvalue weighted by Gasteiger charge is -2.28. The van der Waals surface area contributed by atoms with Gasteiger partial charge in [-0.2, -0.15) is 5.26 Å². The van der Waals surface area contributed by atoms with Crippen molar-refractivity contribution in [2.75, 3.05) is 5.73 Å². The second-order valence-electron chi connectivity index (χ2n) is 4.52. The molecular formula is C13H17N3O3. The minimum absolute atomic E-state index is 0.0719. The van der Waals surface area contributed by atoms with Gasteiger partial charge in [0.1, 0.15) is 11.6 Å². The molecular weight excluding hydrogens is 246 g/mol. The SMILES string of the molecule is CC(C)C(C)N(Oc1cccc(N)c1C#N)C(=O)O. The number of carboxylic acid groups (broad SMARTS) is 1. The van der Waals surface area contributed by atoms with Crippen LogP contribution in [0.2, 0.25) is 0 Å². The van der Waals surface area contributed by atoms with Crippen LogP contribution in [0.3, 0.4) is 0 Å². The fourth-order valence-electron chi connectivity index (χ4n) is 1.42. The first-order valence-electron chi connectivity index (χ1n) is 5.87. The Hall–Kier alpha value is -2.42. The highest BCUT2D eigenvalue weighted by atomic mass is 16.7. The lowest BCUT2D eigenvalue weighted by molar-refractivity contribution is -0.0754. The molecule has 3 N–H and O–H groups in total. The number of hydrogen-bond acceptors (Lipinski definition) is 4. The van der Waals surface area contributed by atoms with Gasteiger partial charge in [0.25, 0.3) is 0 Å². The van der Waals surface area contributed by atoms with E-state index in [4.69, 9.17) is 15.8 Å². The highest BCUT2D eigenvalue weighted by Crippen LogP contribution is 2.25. The maximum absolute atomic E-state index is 11.2. The molecule has 0 aromatic heterocycles. The second-order valence-corrected chi connectivity index (χ2v) is 4.52. The van der Waals surface area contributed by atoms with Gasteiger partial charge in [-0.1, -0.05) is 19.9 Å². The quantitative estimate of drug-likeness (QED) is 0.642. The predicted molar refractivity (Wildman–Crippen MR) is 70.4 cm³/mol. The molecule has 102 valence electrons. The van der Waals surface area contributed by atoms with Gasteiger partial charge >= 0.3 is 6.09 Å². The molecule has 0 aliphatic rings. The maximum Gasteiger partial charge on any atom is 0.441 e. The van der Waals surface area contributed by atoms with Crippen LogP contribution < -0.4 is 10.6 Å². The first-order valence-corrected chi connectivity index (χ1v) is 5.87. The van der Waals surface area contributed by atoms with Crippen LogP contribution in [-0.2, 0) is 0 Å². The van der Waals surface area contributed by atoms with Crippen molar-refractivity contribution in [2.45, 2.75) is 26.8 Å². The number of nitriles is 1. The third-order valence-corrected chi connectivity index (χ3v) is 2.89. The van der Waals surface area contributed by atoms with Crippen molar-refractivity contribution in [1.82, 2.24) is 5.06 Å². The topological polar surface area (TPSA) is 99.6 Å². The Morgan fingerprint density at radius 1 is 1.47 bits per heavy atom. The van der Waals surface area contributed by atoms with Gasteiger partial charge in [-0.05, 0) is 25.0 Å². The Balaban J connectivity index is 3.08. The summed E-state index contributed by atoms with van der Waals surface area (Å²) < 4.78 is 0. The van der Waals surface area contributed by atoms with E-state index in [9.17, 15) is 9.90 Å². The summed E-state index contributed by atoms with van der Waals surface area (Å²) >= 11 is 0. The third kappa shape index (κ3) is 3.28. The average Bonchev–Trinajstić information content (AvgIpc) is 2.34. The molecule has 19 heavy (non-hydrogen) atoms. The predicted octanol–water partition coefficient (Wildman–Crippen LogP) is 2.46. The Kier molecular flexibility index (Phi) is 4.59. The molecule has 1 atom stereocenters. The van der Waals surface area contributed by atoms with E-state index in [0.29, 0.717) is 0 Å². The van der Waals surface area contributed by atoms with Gasteiger partial charge in [-0.25, -0.2) is 4.79 Å². The molecule has 0 bridgehead atoms. The Labute approximate surface area is 112 Å². The van der Waals surface area contributed by atoms with E-state index in [1.165, 1.54) is 6.07 Å². The van der Waals surface area contributed by atoms with Gasteiger partial charge in [0.15, 0.2) is 5.75 Å². The normalized spacial score (nSPS) is 11.7. The standard InChI is InChI=1S/C13H17N3O3/c1-8(2)9(3)16(13(17)18)19-12-6-4-5-11(15)10(12)7-14/h4-6,8-9H,15H2,1-3H3,(H,17,18). The van der Waals surface area contributed by atoms with Crippen LogP contribution in [0.25, 0.3) is 0 Å². The van der Waals surface area contributed by atoms with Crippen LogP contribution in [0.5, 0.6) is 5.75 Å². The van der Waals surface area contributed by atoms with Gasteiger partial charge in [-0.15, -0.1) is 5.06 Å². The van der Waals surface area contributed by atoms with Crippen molar-refractivity contribution in [3.63, 3.8) is 0 Å². The molecule has 0 saturated heterocycles. The largest absolute Gasteiger partial charge is 0.463 e. The Bertz CT molecular complexity index is 508. The number of hydrogen-bond donors (Lipinski definition) is 2. The smallest absolute Gasteiger partial charge is 0.441 e. The minimum atomic E-state index is -1.22. The molecule has 1 unspecified atom stereocenters. The zero-order chi connectivity index (χ0) is 14.6. The molecule has 6 nitrogen and oxygen atoms in total. The molecule has 0 aliphatic heterocycles. The molecule has 0 aliphatic carbocycles. The summed E-state index contributed by atoms with van der Waals surface area (Å²) in [5.41, 5.74) is 6.03. The van der Waals surface area contributed by atoms with E-state index >= 15 is 0 Å². The second kappa shape index (κ2) is 5.96. The molecule has 1 aromatic carbocycles. The van der Waals surface area contributed by atoms with Crippen molar-refractivity contribution >= 4 is 11.8 Å². The number of amides is 1. The molecule has 0 fully saturated rings. The lowest BCUT2D eigenvalue weighted by Crippen LogP contribution is -2.43. The summed E-state index contributed by atoms with van der Waals surface area (Å²) in [5.74, 6) is 0.208. The molecule has 6 heteroatoms. The number of hydroxylamine groups is 2. The van der Waals surface area contributed by atoms with E-state index in [1.807, 2.05) is 19.9 Å². The first-order chi connectivity index (χ1) is 8.88. The monoisotopic (exact) mass is 263 g/mol. The zero-order valence-corrected chi connectivity index (χ0v) is 11.1. The van der Waals surface area contributed by atoms with Crippen LogP contribution in [0, 0.1) is 17.2 Å². The van der Waals surface area contributed by atoms with Gasteiger partial charge < -0.3 is 15.7 Å². The Morgan fingerprint density at radius 2 is 2.11 bits per heavy atom. The summed E-state index contributed by atoms with van der Waals surface area (Å²) in [7, 11) is 0. The van der Waals surface area contributed by atoms with Crippen molar-refractivity contribution in [3.05, 3.63) is 23.8 Å². The molecule has 1 amide bonds. The van der Waals surface area contributed by atoms with Crippen molar-refractivity contribution in [1.29, 1.82) is 5.26 Å². The summed E-state index contributed by atoms with van der Waals surface area (Å²) in [5, 5.41) is 19.0. The third-order valence-electron chi connectivity index (χ3n) is 2.89. The van der Waals surface area contributed by atoms with Gasteiger partial charge in [0.2, 0.25) is 0 Å². The van der Waals surface area contributed by atoms with Crippen molar-refractivity contribution in [2.24, 2.45) is 5.92 Å². The van der Waals surface area contributed by atoms with Gasteiger partial charge in [0, 0.05) is 0 Å². The van der Waals surface area contributed by atoms with Gasteiger partial charge in [0.05, 0.1) is 11.7 Å². The van der Waals surface area contributed by atoms with Crippen molar-refractivity contribution in [3.8, 4) is 11.8 Å². The minimum Gasteiger partial charge on any atom is -0.463 e. The van der Waals surface area contributed by atoms with Crippen LogP contribution >= 0.6 is 0 Å². The molecule has 1 aromatic rings. The van der Waals surface area contributed by atoms with Crippen LogP contribution in [-0.4, -0.2) is 22.3 Å². The molecule has 1 rings (SSSR count). The number of nitrogens with two attached hydrogens (primary N) is 1. The number of carbonyl (C=O) groups is 1. The molecule has 0 spiro atoms. The van der Waals surface area contributed by atoms with Crippen molar-refractivity contribution < 1.29 is 14.7 Å². The number of anilines is 1. The van der Waals surface area contributed by atoms with Gasteiger partial charge in [-0.3, -0.25) is 0 Å². The summed E-state index contributed by atoms with van der Waals surface area (Å²) in [4.78, 5) is 16.6. The highest BCUT2D eigenvalue weighted by Gasteiger charge is 2.25. The van der Waals surface area contributed by atoms with E-state index in [1.54, 1.807) is 19.1 Å². The van der Waals surface area contributed by atoms with E-state index in [0.717, 1.165) is 5.06 Å². The summed E-state index contributed by atoms with van der Waals surface area (Å²) in [6.07, 6.45) is -1.22. The number of rotatable bonds is 4. The van der Waals surface area contributed by atoms with E-state index in [-0.39, 0.29) is 29.0 Å². The summed E-state index contributed by atoms with van der Waals surface area (Å²) in [6, 6.07) is 6.22. The lowest BCUT2D eigenvalue weighted by atomic mass is 10.1. The molecule has 0 heterocycles. The maximum atomic E-state index is 11.2. The number of nitrogens with zero attached hydrogens (tertiary/aromatic N) is 2. The zero-order valence-electron chi connectivity index (χ0n) is 11.1. The van der Waals surface area contributed by atoms with Crippen LogP contribution in [0.1, 0.15) is 26.3 Å². The van der Waals surface area contributed by atoms with Crippen LogP contribution in [0.4, 0.5) is 10.5 Å². The fourth-order valence-corrected chi connectivity index (χ4v) is 1.42. The number of benzene rings is 1. The Morgan fingerprint density at radius 3 is 2.58 bits per heavy atom. The average molecular weight is 263 g/mol. The highest BCUT2D eigenvalue weighted by molar-refractivity contribution is 5.65. The summed E-state index contributed by atoms with van der Waals surface area (Å²) in [6.45, 7) is 5.50.